The molecule has 7 rings (SSSR count). The van der Waals surface area contributed by atoms with Gasteiger partial charge in [0.15, 0.2) is 0 Å². The molecule has 5 aromatic carbocycles. The number of hydrogen-bond donors (Lipinski definition) is 4. The molecule has 6 aromatic rings. The fourth-order valence-electron chi connectivity index (χ4n) is 6.23. The fourth-order valence-corrected chi connectivity index (χ4v) is 6.23. The van der Waals surface area contributed by atoms with E-state index in [0.29, 0.717) is 6.54 Å². The lowest BCUT2D eigenvalue weighted by molar-refractivity contribution is 0.443. The molecule has 1 aromatic heterocycles. The maximum atomic E-state index is 5.15. The molecule has 0 aliphatic heterocycles. The van der Waals surface area contributed by atoms with E-state index >= 15 is 0 Å². The van der Waals surface area contributed by atoms with Gasteiger partial charge in [-0.05, 0) is 54.9 Å². The molecule has 0 saturated carbocycles. The Balaban J connectivity index is 1.21. The SMILES string of the molecule is CNC(N/C(=N\CC1(C)C=CC=CC1)c1ccccc1)c1cccc(Nc2cc3[nH]c4ccccc4c3cc2-c2ccccc2)c1. The number of nitrogens with zero attached hydrogens (tertiary/aromatic N) is 1. The molecule has 0 amide bonds. The predicted octanol–water partition coefficient (Wildman–Crippen LogP) is 9.51. The largest absolute Gasteiger partial charge is 0.355 e. The molecule has 1 aliphatic rings. The highest BCUT2D eigenvalue weighted by atomic mass is 15.1. The zero-order valence-electron chi connectivity index (χ0n) is 26.3. The molecule has 4 N–H and O–H groups in total. The lowest BCUT2D eigenvalue weighted by atomic mass is 9.84. The van der Waals surface area contributed by atoms with Gasteiger partial charge in [-0.3, -0.25) is 10.3 Å². The highest BCUT2D eigenvalue weighted by molar-refractivity contribution is 6.10. The Morgan fingerprint density at radius 1 is 0.804 bits per heavy atom. The van der Waals surface area contributed by atoms with Gasteiger partial charge >= 0.3 is 0 Å². The van der Waals surface area contributed by atoms with E-state index < -0.39 is 0 Å². The molecule has 46 heavy (non-hydrogen) atoms. The van der Waals surface area contributed by atoms with E-state index in [-0.39, 0.29) is 11.6 Å². The zero-order valence-corrected chi connectivity index (χ0v) is 26.3. The van der Waals surface area contributed by atoms with E-state index in [1.807, 2.05) is 13.1 Å². The van der Waals surface area contributed by atoms with Crippen LogP contribution in [0, 0.1) is 5.41 Å². The molecule has 0 radical (unpaired) electrons. The Bertz CT molecular complexity index is 2060. The first kappa shape index (κ1) is 29.3. The Morgan fingerprint density at radius 3 is 2.37 bits per heavy atom. The standard InChI is InChI=1S/C41H39N5/c1-41(23-12-5-13-24-41)28-43-40(30-17-8-4-9-18-30)46-39(42-2)31-19-14-20-32(25-31)44-37-27-38-35(33-21-10-11-22-36(33)45-38)26-34(37)29-15-6-3-7-16-29/h3-23,25-27,39,42,44-45H,24,28H2,1-2H3,(H,43,46). The summed E-state index contributed by atoms with van der Waals surface area (Å²) in [6.07, 6.45) is 9.55. The molecule has 5 heteroatoms. The van der Waals surface area contributed by atoms with E-state index in [4.69, 9.17) is 4.99 Å². The van der Waals surface area contributed by atoms with Crippen LogP contribution in [-0.2, 0) is 0 Å². The molecular formula is C41H39N5. The number of benzene rings is 5. The Hall–Kier alpha value is -5.39. The zero-order chi connectivity index (χ0) is 31.3. The maximum Gasteiger partial charge on any atom is 0.129 e. The predicted molar refractivity (Wildman–Crippen MR) is 195 cm³/mol. The normalized spacial score (nSPS) is 17.0. The molecule has 2 unspecified atom stereocenters. The van der Waals surface area contributed by atoms with Crippen LogP contribution in [0.25, 0.3) is 32.9 Å². The third-order valence-corrected chi connectivity index (χ3v) is 8.77. The average Bonchev–Trinajstić information content (AvgIpc) is 3.46. The molecule has 0 fully saturated rings. The summed E-state index contributed by atoms with van der Waals surface area (Å²) in [4.78, 5) is 8.76. The first-order valence-corrected chi connectivity index (χ1v) is 15.9. The van der Waals surface area contributed by atoms with Crippen LogP contribution in [0.5, 0.6) is 0 Å². The van der Waals surface area contributed by atoms with Crippen LogP contribution in [0.1, 0.15) is 30.6 Å². The van der Waals surface area contributed by atoms with Gasteiger partial charge in [-0.2, -0.15) is 0 Å². The number of anilines is 2. The number of rotatable bonds is 9. The molecule has 0 saturated heterocycles. The number of H-pyrrole nitrogens is 1. The number of aromatic nitrogens is 1. The van der Waals surface area contributed by atoms with Crippen LogP contribution in [0.4, 0.5) is 11.4 Å². The molecule has 0 bridgehead atoms. The van der Waals surface area contributed by atoms with Crippen LogP contribution in [0.15, 0.2) is 151 Å². The molecule has 2 atom stereocenters. The van der Waals surface area contributed by atoms with E-state index in [2.05, 4.69) is 167 Å². The van der Waals surface area contributed by atoms with Gasteiger partial charge < -0.3 is 15.6 Å². The summed E-state index contributed by atoms with van der Waals surface area (Å²) < 4.78 is 0. The number of amidine groups is 1. The number of aromatic amines is 1. The summed E-state index contributed by atoms with van der Waals surface area (Å²) in [5.74, 6) is 0.873. The van der Waals surface area contributed by atoms with Crippen molar-refractivity contribution in [1.82, 2.24) is 15.6 Å². The van der Waals surface area contributed by atoms with Crippen molar-refractivity contribution in [3.63, 3.8) is 0 Å². The summed E-state index contributed by atoms with van der Waals surface area (Å²) in [5, 5.41) is 13.4. The van der Waals surface area contributed by atoms with E-state index in [1.165, 1.54) is 16.3 Å². The van der Waals surface area contributed by atoms with Gasteiger partial charge in [0.2, 0.25) is 0 Å². The van der Waals surface area contributed by atoms with E-state index in [1.54, 1.807) is 0 Å². The van der Waals surface area contributed by atoms with Crippen LogP contribution >= 0.6 is 0 Å². The van der Waals surface area contributed by atoms with Crippen LogP contribution in [0.3, 0.4) is 0 Å². The molecule has 228 valence electrons. The number of hydrogen-bond acceptors (Lipinski definition) is 3. The monoisotopic (exact) mass is 601 g/mol. The van der Waals surface area contributed by atoms with Crippen molar-refractivity contribution in [2.45, 2.75) is 19.5 Å². The summed E-state index contributed by atoms with van der Waals surface area (Å²) in [7, 11) is 1.98. The third-order valence-electron chi connectivity index (χ3n) is 8.77. The first-order chi connectivity index (χ1) is 22.6. The lowest BCUT2D eigenvalue weighted by Crippen LogP contribution is -2.37. The molecule has 1 aliphatic carbocycles. The summed E-state index contributed by atoms with van der Waals surface area (Å²) in [5.41, 5.74) is 8.80. The Morgan fingerprint density at radius 2 is 1.59 bits per heavy atom. The van der Waals surface area contributed by atoms with Crippen LogP contribution in [-0.4, -0.2) is 24.4 Å². The van der Waals surface area contributed by atoms with Crippen molar-refractivity contribution in [3.8, 4) is 11.1 Å². The Kier molecular flexibility index (Phi) is 8.24. The van der Waals surface area contributed by atoms with Gasteiger partial charge in [-0.15, -0.1) is 0 Å². The topological polar surface area (TPSA) is 64.2 Å². The average molecular weight is 602 g/mol. The van der Waals surface area contributed by atoms with E-state index in [0.717, 1.165) is 51.4 Å². The van der Waals surface area contributed by atoms with Crippen molar-refractivity contribution in [1.29, 1.82) is 0 Å². The number of aliphatic imine (C=N–C) groups is 1. The molecule has 1 heterocycles. The minimum absolute atomic E-state index is 0.00200. The second kappa shape index (κ2) is 12.9. The van der Waals surface area contributed by atoms with Gasteiger partial charge in [-0.1, -0.05) is 122 Å². The molecule has 5 nitrogen and oxygen atoms in total. The second-order valence-electron chi connectivity index (χ2n) is 12.3. The van der Waals surface area contributed by atoms with Crippen molar-refractivity contribution >= 4 is 39.0 Å². The number of fused-ring (bicyclic) bond motifs is 3. The van der Waals surface area contributed by atoms with Gasteiger partial charge in [0, 0.05) is 49.7 Å². The molecule has 0 spiro atoms. The highest BCUT2D eigenvalue weighted by Crippen LogP contribution is 2.37. The molecular weight excluding hydrogens is 562 g/mol. The summed E-state index contributed by atoms with van der Waals surface area (Å²) >= 11 is 0. The second-order valence-corrected chi connectivity index (χ2v) is 12.3. The van der Waals surface area contributed by atoms with Crippen molar-refractivity contribution in [2.75, 3.05) is 18.9 Å². The van der Waals surface area contributed by atoms with E-state index in [9.17, 15) is 0 Å². The summed E-state index contributed by atoms with van der Waals surface area (Å²) in [6.45, 7) is 2.96. The fraction of sp³-hybridized carbons (Fsp3) is 0.146. The first-order valence-electron chi connectivity index (χ1n) is 15.9. The lowest BCUT2D eigenvalue weighted by Gasteiger charge is -2.26. The Labute approximate surface area is 270 Å². The van der Waals surface area contributed by atoms with Crippen molar-refractivity contribution in [2.24, 2.45) is 10.4 Å². The van der Waals surface area contributed by atoms with Crippen LogP contribution < -0.4 is 16.0 Å². The smallest absolute Gasteiger partial charge is 0.129 e. The van der Waals surface area contributed by atoms with Gasteiger partial charge in [0.05, 0.1) is 6.54 Å². The number of para-hydroxylation sites is 1. The van der Waals surface area contributed by atoms with Gasteiger partial charge in [0.25, 0.3) is 0 Å². The maximum absolute atomic E-state index is 5.15. The van der Waals surface area contributed by atoms with Gasteiger partial charge in [0.1, 0.15) is 12.0 Å². The minimum Gasteiger partial charge on any atom is -0.355 e. The third kappa shape index (κ3) is 6.23. The van der Waals surface area contributed by atoms with Crippen LogP contribution in [0.2, 0.25) is 0 Å². The minimum atomic E-state index is -0.153. The van der Waals surface area contributed by atoms with Crippen molar-refractivity contribution in [3.05, 3.63) is 157 Å². The summed E-state index contributed by atoms with van der Waals surface area (Å²) in [6, 6.07) is 42.6. The quantitative estimate of drug-likeness (QED) is 0.0758. The highest BCUT2D eigenvalue weighted by Gasteiger charge is 2.22. The number of nitrogens with one attached hydrogen (secondary N) is 4. The van der Waals surface area contributed by atoms with Crippen molar-refractivity contribution < 1.29 is 0 Å². The van der Waals surface area contributed by atoms with Gasteiger partial charge in [-0.25, -0.2) is 0 Å². The number of allylic oxidation sites excluding steroid dienone is 3.